The molecule has 0 aliphatic heterocycles. The van der Waals surface area contributed by atoms with Crippen LogP contribution in [0.15, 0.2) is 60.2 Å². The van der Waals surface area contributed by atoms with E-state index in [9.17, 15) is 4.79 Å². The number of halogens is 1. The second-order valence-corrected chi connectivity index (χ2v) is 8.14. The van der Waals surface area contributed by atoms with E-state index in [0.717, 1.165) is 22.3 Å². The molecule has 0 saturated heterocycles. The first-order valence-corrected chi connectivity index (χ1v) is 10.4. The molecule has 0 atom stereocenters. The molecule has 1 amide bonds. The van der Waals surface area contributed by atoms with Gasteiger partial charge in [0.25, 0.3) is 5.91 Å². The highest BCUT2D eigenvalue weighted by atomic mass is 35.5. The van der Waals surface area contributed by atoms with Crippen molar-refractivity contribution in [1.29, 1.82) is 0 Å². The molecule has 2 heterocycles. The molecule has 0 bridgehead atoms. The lowest BCUT2D eigenvalue weighted by Gasteiger charge is -2.12. The lowest BCUT2D eigenvalue weighted by molar-refractivity contribution is 0.102. The third kappa shape index (κ3) is 4.26. The number of nitrogens with one attached hydrogen (secondary N) is 1. The summed E-state index contributed by atoms with van der Waals surface area (Å²) < 4.78 is 7.32. The minimum absolute atomic E-state index is 0.215. The maximum Gasteiger partial charge on any atom is 0.255 e. The van der Waals surface area contributed by atoms with E-state index in [-0.39, 0.29) is 5.91 Å². The van der Waals surface area contributed by atoms with E-state index < -0.39 is 0 Å². The first-order valence-electron chi connectivity index (χ1n) is 9.12. The molecule has 146 valence electrons. The van der Waals surface area contributed by atoms with Crippen molar-refractivity contribution in [1.82, 2.24) is 4.98 Å². The molecule has 0 aliphatic carbocycles. The van der Waals surface area contributed by atoms with Crippen molar-refractivity contribution in [2.45, 2.75) is 20.5 Å². The van der Waals surface area contributed by atoms with Crippen molar-refractivity contribution >= 4 is 44.6 Å². The molecular formula is C23H19ClN2O2S. The molecule has 0 spiro atoms. The van der Waals surface area contributed by atoms with Gasteiger partial charge in [-0.05, 0) is 54.6 Å². The molecule has 29 heavy (non-hydrogen) atoms. The number of benzene rings is 2. The molecule has 0 radical (unpaired) electrons. The molecule has 6 heteroatoms. The number of hydrogen-bond acceptors (Lipinski definition) is 4. The van der Waals surface area contributed by atoms with Crippen LogP contribution < -0.4 is 10.1 Å². The van der Waals surface area contributed by atoms with Gasteiger partial charge in [0.05, 0.1) is 0 Å². The number of fused-ring (bicyclic) bond motifs is 1. The molecule has 2 aromatic heterocycles. The van der Waals surface area contributed by atoms with Crippen molar-refractivity contribution < 1.29 is 9.53 Å². The Bertz CT molecular complexity index is 1200. The van der Waals surface area contributed by atoms with Crippen LogP contribution in [0.4, 0.5) is 5.69 Å². The zero-order valence-electron chi connectivity index (χ0n) is 16.0. The molecule has 0 unspecified atom stereocenters. The van der Waals surface area contributed by atoms with Crippen LogP contribution in [0.5, 0.6) is 5.75 Å². The first-order chi connectivity index (χ1) is 14.0. The highest BCUT2D eigenvalue weighted by Crippen LogP contribution is 2.30. The Morgan fingerprint density at radius 1 is 1.14 bits per heavy atom. The molecule has 0 aliphatic rings. The Labute approximate surface area is 178 Å². The summed E-state index contributed by atoms with van der Waals surface area (Å²) >= 11 is 7.68. The van der Waals surface area contributed by atoms with Crippen molar-refractivity contribution in [3.63, 3.8) is 0 Å². The maximum absolute atomic E-state index is 12.5. The number of aryl methyl sites for hydroxylation is 2. The Balaban J connectivity index is 1.51. The van der Waals surface area contributed by atoms with Gasteiger partial charge in [-0.25, -0.2) is 0 Å². The van der Waals surface area contributed by atoms with E-state index in [2.05, 4.69) is 22.6 Å². The molecular weight excluding hydrogens is 404 g/mol. The van der Waals surface area contributed by atoms with Gasteiger partial charge >= 0.3 is 0 Å². The second kappa shape index (κ2) is 8.23. The van der Waals surface area contributed by atoms with Crippen LogP contribution in [0.2, 0.25) is 5.02 Å². The summed E-state index contributed by atoms with van der Waals surface area (Å²) in [5.74, 6) is 0.515. The molecule has 1 N–H and O–H groups in total. The first kappa shape index (κ1) is 19.4. The fourth-order valence-electron chi connectivity index (χ4n) is 3.07. The van der Waals surface area contributed by atoms with E-state index in [4.69, 9.17) is 16.3 Å². The SMILES string of the molecule is Cc1ccc(NC(=O)c2cccc(Cl)c2)cc1OCc1csc2c(C)cncc12. The number of aromatic nitrogens is 1. The predicted molar refractivity (Wildman–Crippen MR) is 119 cm³/mol. The number of nitrogens with zero attached hydrogens (tertiary/aromatic N) is 1. The summed E-state index contributed by atoms with van der Waals surface area (Å²) in [4.78, 5) is 16.8. The van der Waals surface area contributed by atoms with Crippen LogP contribution in [0.1, 0.15) is 27.0 Å². The highest BCUT2D eigenvalue weighted by Gasteiger charge is 2.11. The average molecular weight is 423 g/mol. The number of anilines is 1. The van der Waals surface area contributed by atoms with E-state index >= 15 is 0 Å². The van der Waals surface area contributed by atoms with Crippen molar-refractivity contribution in [2.75, 3.05) is 5.32 Å². The quantitative estimate of drug-likeness (QED) is 0.405. The Hall–Kier alpha value is -2.89. The monoisotopic (exact) mass is 422 g/mol. The van der Waals surface area contributed by atoms with E-state index in [0.29, 0.717) is 22.9 Å². The Kier molecular flexibility index (Phi) is 5.51. The van der Waals surface area contributed by atoms with Crippen LogP contribution in [-0.4, -0.2) is 10.9 Å². The largest absolute Gasteiger partial charge is 0.489 e. The number of amides is 1. The van der Waals surface area contributed by atoms with Crippen molar-refractivity contribution in [3.8, 4) is 5.75 Å². The van der Waals surface area contributed by atoms with Gasteiger partial charge in [0, 0.05) is 50.4 Å². The smallest absolute Gasteiger partial charge is 0.255 e. The number of ether oxygens (including phenoxy) is 1. The lowest BCUT2D eigenvalue weighted by Crippen LogP contribution is -2.12. The van der Waals surface area contributed by atoms with E-state index in [1.54, 1.807) is 35.6 Å². The predicted octanol–water partition coefficient (Wildman–Crippen LogP) is 6.40. The summed E-state index contributed by atoms with van der Waals surface area (Å²) in [5.41, 5.74) is 4.45. The third-order valence-electron chi connectivity index (χ3n) is 4.66. The number of thiophene rings is 1. The van der Waals surface area contributed by atoms with Gasteiger partial charge in [0.15, 0.2) is 0 Å². The third-order valence-corrected chi connectivity index (χ3v) is 6.07. The van der Waals surface area contributed by atoms with Gasteiger partial charge in [-0.15, -0.1) is 11.3 Å². The van der Waals surface area contributed by atoms with Crippen LogP contribution in [0.3, 0.4) is 0 Å². The van der Waals surface area contributed by atoms with Crippen molar-refractivity contribution in [3.05, 3.63) is 87.5 Å². The van der Waals surface area contributed by atoms with Crippen LogP contribution in [-0.2, 0) is 6.61 Å². The molecule has 4 nitrogen and oxygen atoms in total. The van der Waals surface area contributed by atoms with Crippen LogP contribution in [0, 0.1) is 13.8 Å². The van der Waals surface area contributed by atoms with Gasteiger partial charge in [0.1, 0.15) is 12.4 Å². The topological polar surface area (TPSA) is 51.2 Å². The zero-order chi connectivity index (χ0) is 20.4. The fourth-order valence-corrected chi connectivity index (χ4v) is 4.26. The number of hydrogen-bond donors (Lipinski definition) is 1. The highest BCUT2D eigenvalue weighted by molar-refractivity contribution is 7.17. The molecule has 4 aromatic rings. The minimum atomic E-state index is -0.215. The molecule has 2 aromatic carbocycles. The van der Waals surface area contributed by atoms with Crippen LogP contribution >= 0.6 is 22.9 Å². The molecule has 0 saturated carbocycles. The molecule has 0 fully saturated rings. The summed E-state index contributed by atoms with van der Waals surface area (Å²) in [6, 6.07) is 12.5. The van der Waals surface area contributed by atoms with Crippen molar-refractivity contribution in [2.24, 2.45) is 0 Å². The van der Waals surface area contributed by atoms with E-state index in [1.807, 2.05) is 37.5 Å². The minimum Gasteiger partial charge on any atom is -0.489 e. The summed E-state index contributed by atoms with van der Waals surface area (Å²) in [5, 5.41) is 6.66. The van der Waals surface area contributed by atoms with Gasteiger partial charge in [-0.3, -0.25) is 9.78 Å². The Morgan fingerprint density at radius 2 is 2.00 bits per heavy atom. The lowest BCUT2D eigenvalue weighted by atomic mass is 10.1. The number of rotatable bonds is 5. The second-order valence-electron chi connectivity index (χ2n) is 6.83. The number of pyridine rings is 1. The maximum atomic E-state index is 12.5. The normalized spacial score (nSPS) is 10.9. The summed E-state index contributed by atoms with van der Waals surface area (Å²) in [7, 11) is 0. The summed E-state index contributed by atoms with van der Waals surface area (Å²) in [6.45, 7) is 4.49. The zero-order valence-corrected chi connectivity index (χ0v) is 17.6. The van der Waals surface area contributed by atoms with Gasteiger partial charge in [-0.1, -0.05) is 23.7 Å². The Morgan fingerprint density at radius 3 is 2.83 bits per heavy atom. The van der Waals surface area contributed by atoms with Gasteiger partial charge < -0.3 is 10.1 Å². The fraction of sp³-hybridized carbons (Fsp3) is 0.130. The molecule has 4 rings (SSSR count). The number of carbonyl (C=O) groups excluding carboxylic acids is 1. The van der Waals surface area contributed by atoms with Gasteiger partial charge in [-0.2, -0.15) is 0 Å². The number of carbonyl (C=O) groups is 1. The summed E-state index contributed by atoms with van der Waals surface area (Å²) in [6.07, 6.45) is 3.76. The standard InChI is InChI=1S/C23H19ClN2O2S/c1-14-6-7-19(26-23(27)16-4-3-5-18(24)8-16)9-21(14)28-12-17-13-29-22-15(2)10-25-11-20(17)22/h3-11,13H,12H2,1-2H3,(H,26,27). The van der Waals surface area contributed by atoms with Crippen LogP contribution in [0.25, 0.3) is 10.1 Å². The van der Waals surface area contributed by atoms with E-state index in [1.165, 1.54) is 10.3 Å². The average Bonchev–Trinajstić information content (AvgIpc) is 3.13. The van der Waals surface area contributed by atoms with Gasteiger partial charge in [0.2, 0.25) is 0 Å².